The Labute approximate surface area is 187 Å². The monoisotopic (exact) mass is 453 g/mol. The van der Waals surface area contributed by atoms with Gasteiger partial charge in [-0.1, -0.05) is 22.7 Å². The molecule has 31 heavy (non-hydrogen) atoms. The van der Waals surface area contributed by atoms with Crippen LogP contribution in [0.4, 0.5) is 5.13 Å². The molecule has 0 spiro atoms. The van der Waals surface area contributed by atoms with E-state index >= 15 is 0 Å². The van der Waals surface area contributed by atoms with E-state index in [1.54, 1.807) is 34.5 Å². The third-order valence-corrected chi connectivity index (χ3v) is 8.42. The van der Waals surface area contributed by atoms with Crippen LogP contribution in [0.2, 0.25) is 0 Å². The fraction of sp³-hybridized carbons (Fsp3) is 0.429. The van der Waals surface area contributed by atoms with Crippen molar-refractivity contribution < 1.29 is 5.11 Å². The molecule has 3 atom stereocenters. The fourth-order valence-corrected chi connectivity index (χ4v) is 6.75. The molecule has 2 saturated heterocycles. The molecular formula is C21H23N7OS2. The molecule has 2 bridgehead atoms. The molecule has 0 aromatic carbocycles. The number of hydrogen-bond donors (Lipinski definition) is 2. The third-order valence-electron chi connectivity index (χ3n) is 6.29. The van der Waals surface area contributed by atoms with Crippen LogP contribution in [-0.4, -0.2) is 55.0 Å². The third kappa shape index (κ3) is 3.38. The second-order valence-corrected chi connectivity index (χ2v) is 10.5. The average Bonchev–Trinajstić information content (AvgIpc) is 3.51. The van der Waals surface area contributed by atoms with Crippen LogP contribution in [-0.2, 0) is 0 Å². The maximum Gasteiger partial charge on any atom is 0.188 e. The van der Waals surface area contributed by atoms with Gasteiger partial charge in [-0.25, -0.2) is 19.6 Å². The van der Waals surface area contributed by atoms with Crippen molar-refractivity contribution in [3.63, 3.8) is 0 Å². The van der Waals surface area contributed by atoms with Crippen LogP contribution in [0, 0.1) is 6.92 Å². The Balaban J connectivity index is 1.25. The smallest absolute Gasteiger partial charge is 0.188 e. The summed E-state index contributed by atoms with van der Waals surface area (Å²) in [7, 11) is 2.15. The summed E-state index contributed by atoms with van der Waals surface area (Å²) in [6, 6.07) is 3.50. The summed E-state index contributed by atoms with van der Waals surface area (Å²) < 4.78 is 1.70. The van der Waals surface area contributed by atoms with Crippen LogP contribution < -0.4 is 10.2 Å². The van der Waals surface area contributed by atoms with Crippen molar-refractivity contribution in [2.45, 2.75) is 50.7 Å². The van der Waals surface area contributed by atoms with Crippen molar-refractivity contribution in [1.29, 1.82) is 0 Å². The molecule has 160 valence electrons. The summed E-state index contributed by atoms with van der Waals surface area (Å²) >= 11 is 3.09. The van der Waals surface area contributed by atoms with Crippen molar-refractivity contribution in [1.82, 2.24) is 30.0 Å². The Morgan fingerprint density at radius 2 is 1.90 bits per heavy atom. The largest absolute Gasteiger partial charge is 0.505 e. The Morgan fingerprint density at radius 1 is 1.13 bits per heavy atom. The zero-order valence-electron chi connectivity index (χ0n) is 17.3. The molecule has 0 amide bonds. The second-order valence-electron chi connectivity index (χ2n) is 8.52. The number of nitrogens with one attached hydrogen (secondary N) is 1. The number of piperidine rings is 1. The topological polar surface area (TPSA) is 92.0 Å². The zero-order chi connectivity index (χ0) is 21.1. The summed E-state index contributed by atoms with van der Waals surface area (Å²) in [5.74, 6) is 0.0922. The normalized spacial score (nSPS) is 23.0. The fourth-order valence-electron chi connectivity index (χ4n) is 4.67. The molecule has 6 rings (SSSR count). The quantitative estimate of drug-likeness (QED) is 0.486. The molecule has 2 aliphatic heterocycles. The van der Waals surface area contributed by atoms with E-state index in [0.717, 1.165) is 20.4 Å². The van der Waals surface area contributed by atoms with Crippen LogP contribution >= 0.6 is 22.7 Å². The van der Waals surface area contributed by atoms with E-state index in [2.05, 4.69) is 27.3 Å². The number of aryl methyl sites for hydroxylation is 1. The summed E-state index contributed by atoms with van der Waals surface area (Å²) in [6.45, 7) is 1.97. The highest BCUT2D eigenvalue weighted by atomic mass is 32.1. The number of nitrogens with zero attached hydrogens (tertiary/aromatic N) is 6. The van der Waals surface area contributed by atoms with Gasteiger partial charge in [-0.05, 0) is 38.2 Å². The Hall–Kier alpha value is -2.56. The lowest BCUT2D eigenvalue weighted by Gasteiger charge is -2.35. The molecule has 0 aliphatic carbocycles. The Bertz CT molecular complexity index is 1220. The number of hydrogen-bond acceptors (Lipinski definition) is 9. The molecule has 8 nitrogen and oxygen atoms in total. The Kier molecular flexibility index (Phi) is 4.48. The number of anilines is 1. The zero-order valence-corrected chi connectivity index (χ0v) is 18.9. The van der Waals surface area contributed by atoms with E-state index in [1.807, 2.05) is 13.1 Å². The second kappa shape index (κ2) is 7.25. The van der Waals surface area contributed by atoms with E-state index in [1.165, 1.54) is 37.0 Å². The maximum absolute atomic E-state index is 10.6. The molecule has 0 unspecified atom stereocenters. The van der Waals surface area contributed by atoms with Gasteiger partial charge in [-0.15, -0.1) is 0 Å². The van der Waals surface area contributed by atoms with Gasteiger partial charge in [0.05, 0.1) is 18.1 Å². The van der Waals surface area contributed by atoms with Crippen LogP contribution in [0.5, 0.6) is 5.75 Å². The molecule has 2 aliphatic rings. The van der Waals surface area contributed by atoms with Crippen molar-refractivity contribution >= 4 is 37.5 Å². The minimum Gasteiger partial charge on any atom is -0.505 e. The molecule has 2 N–H and O–H groups in total. The highest BCUT2D eigenvalue weighted by Crippen LogP contribution is 2.40. The molecule has 0 saturated carbocycles. The maximum atomic E-state index is 10.6. The molecule has 4 aromatic rings. The SMILES string of the molecule is Cc1cnn(-c2cnc(-c3nc4sc(N(C)[C@@H]5C[C@H]6CC[C@@H](C5)N6)nc4s3)c(O)c2)c1. The van der Waals surface area contributed by atoms with E-state index in [0.29, 0.717) is 34.5 Å². The van der Waals surface area contributed by atoms with Gasteiger partial charge in [0.15, 0.2) is 14.8 Å². The predicted octanol–water partition coefficient (Wildman–Crippen LogP) is 3.73. The van der Waals surface area contributed by atoms with Crippen molar-refractivity contribution in [2.75, 3.05) is 11.9 Å². The number of thiazole rings is 2. The average molecular weight is 454 g/mol. The predicted molar refractivity (Wildman–Crippen MR) is 123 cm³/mol. The number of aromatic nitrogens is 5. The van der Waals surface area contributed by atoms with E-state index in [9.17, 15) is 5.11 Å². The molecule has 4 aromatic heterocycles. The van der Waals surface area contributed by atoms with Crippen LogP contribution in [0.15, 0.2) is 24.7 Å². The van der Waals surface area contributed by atoms with Gasteiger partial charge in [-0.3, -0.25) is 0 Å². The number of rotatable bonds is 4. The van der Waals surface area contributed by atoms with Gasteiger partial charge < -0.3 is 15.3 Å². The minimum atomic E-state index is 0.0922. The minimum absolute atomic E-state index is 0.0922. The number of fused-ring (bicyclic) bond motifs is 3. The van der Waals surface area contributed by atoms with E-state index in [-0.39, 0.29) is 5.75 Å². The lowest BCUT2D eigenvalue weighted by molar-refractivity contribution is 0.354. The summed E-state index contributed by atoms with van der Waals surface area (Å²) in [5, 5.41) is 20.3. The Morgan fingerprint density at radius 3 is 2.58 bits per heavy atom. The van der Waals surface area contributed by atoms with Crippen LogP contribution in [0.25, 0.3) is 26.0 Å². The van der Waals surface area contributed by atoms with Gasteiger partial charge in [0, 0.05) is 37.4 Å². The lowest BCUT2D eigenvalue weighted by atomic mass is 9.99. The lowest BCUT2D eigenvalue weighted by Crippen LogP contribution is -2.47. The molecule has 0 radical (unpaired) electrons. The first-order valence-corrected chi connectivity index (χ1v) is 12.1. The van der Waals surface area contributed by atoms with Gasteiger partial charge in [-0.2, -0.15) is 5.10 Å². The summed E-state index contributed by atoms with van der Waals surface area (Å²) in [6.07, 6.45) is 10.3. The van der Waals surface area contributed by atoms with E-state index in [4.69, 9.17) is 9.97 Å². The first-order valence-electron chi connectivity index (χ1n) is 10.5. The standard InChI is InChI=1S/C21H23N7OS2/c1-11-8-23-28(10-11)15-7-16(29)17(22-9-15)18-25-19-20(30-18)26-21(31-19)27(2)14-5-12-3-4-13(6-14)24-12/h7-10,12-14,24,29H,3-6H2,1-2H3/t12-,13+,14-. The van der Waals surface area contributed by atoms with Crippen LogP contribution in [0.1, 0.15) is 31.2 Å². The van der Waals surface area contributed by atoms with E-state index < -0.39 is 0 Å². The van der Waals surface area contributed by atoms with Gasteiger partial charge >= 0.3 is 0 Å². The van der Waals surface area contributed by atoms with Gasteiger partial charge in [0.25, 0.3) is 0 Å². The highest BCUT2D eigenvalue weighted by Gasteiger charge is 2.36. The summed E-state index contributed by atoms with van der Waals surface area (Å²) in [5.41, 5.74) is 2.24. The number of pyridine rings is 1. The molecule has 10 heteroatoms. The van der Waals surface area contributed by atoms with Gasteiger partial charge in [0.2, 0.25) is 0 Å². The van der Waals surface area contributed by atoms with Crippen LogP contribution in [0.3, 0.4) is 0 Å². The molecule has 2 fully saturated rings. The van der Waals surface area contributed by atoms with Crippen molar-refractivity contribution in [3.8, 4) is 22.1 Å². The first kappa shape index (κ1) is 19.1. The van der Waals surface area contributed by atoms with Crippen molar-refractivity contribution in [2.24, 2.45) is 0 Å². The number of aromatic hydroxyl groups is 1. The molecular weight excluding hydrogens is 430 g/mol. The molecule has 6 heterocycles. The first-order chi connectivity index (χ1) is 15.0. The van der Waals surface area contributed by atoms with Crippen molar-refractivity contribution in [3.05, 3.63) is 30.2 Å². The summed E-state index contributed by atoms with van der Waals surface area (Å²) in [4.78, 5) is 18.2. The highest BCUT2D eigenvalue weighted by molar-refractivity contribution is 7.29. The van der Waals surface area contributed by atoms with Gasteiger partial charge in [0.1, 0.15) is 16.5 Å².